The quantitative estimate of drug-likeness (QED) is 0.753. The number of amides is 1. The second-order valence-electron chi connectivity index (χ2n) is 4.51. The average Bonchev–Trinajstić information content (AvgIpc) is 3.12. The fourth-order valence-electron chi connectivity index (χ4n) is 1.87. The number of benzene rings is 1. The van der Waals surface area contributed by atoms with E-state index in [2.05, 4.69) is 25.6 Å². The number of aromatic amines is 1. The van der Waals surface area contributed by atoms with Crippen molar-refractivity contribution in [1.82, 2.24) is 25.0 Å². The molecule has 0 fully saturated rings. The zero-order valence-electron chi connectivity index (χ0n) is 11.4. The zero-order valence-corrected chi connectivity index (χ0v) is 12.9. The monoisotopic (exact) mass is 354 g/mol. The number of nitrogens with zero attached hydrogens (tertiary/aromatic N) is 4. The van der Waals surface area contributed by atoms with Crippen LogP contribution in [0.3, 0.4) is 0 Å². The van der Waals surface area contributed by atoms with E-state index < -0.39 is 11.7 Å². The maximum Gasteiger partial charge on any atom is 0.277 e. The van der Waals surface area contributed by atoms with Gasteiger partial charge in [-0.2, -0.15) is 5.10 Å². The highest BCUT2D eigenvalue weighted by atomic mass is 35.5. The Labute approximate surface area is 139 Å². The van der Waals surface area contributed by atoms with Crippen LogP contribution in [0.25, 0.3) is 0 Å². The van der Waals surface area contributed by atoms with Gasteiger partial charge in [-0.3, -0.25) is 15.2 Å². The van der Waals surface area contributed by atoms with E-state index in [4.69, 9.17) is 23.2 Å². The molecule has 1 amide bonds. The molecule has 0 radical (unpaired) electrons. The third kappa shape index (κ3) is 3.33. The Kier molecular flexibility index (Phi) is 4.26. The van der Waals surface area contributed by atoms with E-state index in [0.29, 0.717) is 0 Å². The standard InChI is InChI=1S/C13H9Cl2FN6O/c14-8-2-1-3-10(16)7(8)5-22-6-17-13(21-22)19-12(23)11-9(15)4-18-20-11/h1-4,6H,5H2,(H,18,20)(H,19,21,23). The smallest absolute Gasteiger partial charge is 0.277 e. The van der Waals surface area contributed by atoms with Gasteiger partial charge in [0.05, 0.1) is 17.8 Å². The third-order valence-corrected chi connectivity index (χ3v) is 3.60. The van der Waals surface area contributed by atoms with E-state index in [0.717, 1.165) is 0 Å². The molecule has 23 heavy (non-hydrogen) atoms. The summed E-state index contributed by atoms with van der Waals surface area (Å²) in [6, 6.07) is 4.41. The molecule has 2 aromatic heterocycles. The molecule has 1 aromatic carbocycles. The summed E-state index contributed by atoms with van der Waals surface area (Å²) in [6.45, 7) is 0.0825. The summed E-state index contributed by atoms with van der Waals surface area (Å²) < 4.78 is 15.1. The summed E-state index contributed by atoms with van der Waals surface area (Å²) in [6.07, 6.45) is 2.66. The maximum atomic E-state index is 13.7. The van der Waals surface area contributed by atoms with Crippen LogP contribution in [-0.2, 0) is 6.54 Å². The van der Waals surface area contributed by atoms with Crippen molar-refractivity contribution < 1.29 is 9.18 Å². The molecule has 0 saturated heterocycles. The van der Waals surface area contributed by atoms with E-state index in [1.54, 1.807) is 6.07 Å². The van der Waals surface area contributed by atoms with Gasteiger partial charge in [0.25, 0.3) is 5.91 Å². The van der Waals surface area contributed by atoms with Crippen LogP contribution in [0.5, 0.6) is 0 Å². The molecule has 0 saturated carbocycles. The number of aromatic nitrogens is 5. The zero-order chi connectivity index (χ0) is 16.4. The Hall–Kier alpha value is -2.45. The van der Waals surface area contributed by atoms with Crippen LogP contribution in [0.15, 0.2) is 30.7 Å². The minimum Gasteiger partial charge on any atom is -0.288 e. The number of halogens is 3. The van der Waals surface area contributed by atoms with Crippen LogP contribution in [0.2, 0.25) is 10.0 Å². The molecule has 0 spiro atoms. The van der Waals surface area contributed by atoms with Gasteiger partial charge in [0.1, 0.15) is 17.8 Å². The van der Waals surface area contributed by atoms with Gasteiger partial charge >= 0.3 is 0 Å². The van der Waals surface area contributed by atoms with Gasteiger partial charge in [-0.05, 0) is 12.1 Å². The molecule has 3 rings (SSSR count). The summed E-state index contributed by atoms with van der Waals surface area (Å²) in [5.74, 6) is -0.926. The molecule has 0 aliphatic heterocycles. The van der Waals surface area contributed by atoms with Crippen molar-refractivity contribution in [2.24, 2.45) is 0 Å². The predicted octanol–water partition coefficient (Wildman–Crippen LogP) is 2.75. The topological polar surface area (TPSA) is 88.5 Å². The molecule has 2 N–H and O–H groups in total. The highest BCUT2D eigenvalue weighted by Gasteiger charge is 2.15. The van der Waals surface area contributed by atoms with Crippen molar-refractivity contribution >= 4 is 35.1 Å². The Morgan fingerprint density at radius 1 is 1.35 bits per heavy atom. The molecule has 118 valence electrons. The van der Waals surface area contributed by atoms with Crippen molar-refractivity contribution in [2.45, 2.75) is 6.54 Å². The number of H-pyrrole nitrogens is 1. The van der Waals surface area contributed by atoms with Crippen molar-refractivity contribution in [3.05, 3.63) is 57.8 Å². The lowest BCUT2D eigenvalue weighted by Gasteiger charge is -2.05. The van der Waals surface area contributed by atoms with E-state index in [1.807, 2.05) is 0 Å². The van der Waals surface area contributed by atoms with Gasteiger partial charge in [-0.1, -0.05) is 29.3 Å². The average molecular weight is 355 g/mol. The van der Waals surface area contributed by atoms with Gasteiger partial charge in [0.15, 0.2) is 0 Å². The number of anilines is 1. The first-order valence-corrected chi connectivity index (χ1v) is 7.12. The number of carbonyl (C=O) groups is 1. The molecule has 0 atom stereocenters. The van der Waals surface area contributed by atoms with E-state index in [1.165, 1.54) is 29.3 Å². The number of hydrogen-bond acceptors (Lipinski definition) is 4. The number of carbonyl (C=O) groups excluding carboxylic acids is 1. The summed E-state index contributed by atoms with van der Waals surface area (Å²) >= 11 is 11.7. The molecule has 0 bridgehead atoms. The molecular formula is C13H9Cl2FN6O. The molecule has 10 heteroatoms. The second kappa shape index (κ2) is 6.35. The van der Waals surface area contributed by atoms with Crippen molar-refractivity contribution in [1.29, 1.82) is 0 Å². The van der Waals surface area contributed by atoms with Crippen molar-refractivity contribution in [3.8, 4) is 0 Å². The first-order valence-electron chi connectivity index (χ1n) is 6.37. The number of nitrogens with one attached hydrogen (secondary N) is 2. The molecule has 7 nitrogen and oxygen atoms in total. The largest absolute Gasteiger partial charge is 0.288 e. The van der Waals surface area contributed by atoms with Crippen LogP contribution in [-0.4, -0.2) is 30.9 Å². The predicted molar refractivity (Wildman–Crippen MR) is 82.1 cm³/mol. The van der Waals surface area contributed by atoms with Gasteiger partial charge in [-0.15, -0.1) is 5.10 Å². The van der Waals surface area contributed by atoms with Crippen molar-refractivity contribution in [2.75, 3.05) is 5.32 Å². The first-order chi connectivity index (χ1) is 11.0. The van der Waals surface area contributed by atoms with Crippen LogP contribution < -0.4 is 5.32 Å². The number of hydrogen-bond donors (Lipinski definition) is 2. The van der Waals surface area contributed by atoms with Crippen LogP contribution >= 0.6 is 23.2 Å². The minimum absolute atomic E-state index is 0.0492. The lowest BCUT2D eigenvalue weighted by Crippen LogP contribution is -2.14. The van der Waals surface area contributed by atoms with Crippen LogP contribution in [0, 0.1) is 5.82 Å². The maximum absolute atomic E-state index is 13.7. The SMILES string of the molecule is O=C(Nc1ncn(Cc2c(F)cccc2Cl)n1)c1[nH]ncc1Cl. The lowest BCUT2D eigenvalue weighted by molar-refractivity contribution is 0.102. The summed E-state index contributed by atoms with van der Waals surface area (Å²) in [7, 11) is 0. The number of rotatable bonds is 4. The third-order valence-electron chi connectivity index (χ3n) is 2.96. The van der Waals surface area contributed by atoms with Crippen LogP contribution in [0.4, 0.5) is 10.3 Å². The highest BCUT2D eigenvalue weighted by Crippen LogP contribution is 2.20. The van der Waals surface area contributed by atoms with Gasteiger partial charge in [0.2, 0.25) is 5.95 Å². The van der Waals surface area contributed by atoms with E-state index in [-0.39, 0.29) is 33.8 Å². The fraction of sp³-hybridized carbons (Fsp3) is 0.0769. The van der Waals surface area contributed by atoms with Gasteiger partial charge in [0, 0.05) is 10.6 Å². The minimum atomic E-state index is -0.533. The first kappa shape index (κ1) is 15.4. The molecule has 0 aliphatic rings. The molecular weight excluding hydrogens is 346 g/mol. The fourth-order valence-corrected chi connectivity index (χ4v) is 2.27. The Balaban J connectivity index is 1.74. The van der Waals surface area contributed by atoms with Gasteiger partial charge < -0.3 is 0 Å². The second-order valence-corrected chi connectivity index (χ2v) is 5.33. The van der Waals surface area contributed by atoms with Crippen LogP contribution in [0.1, 0.15) is 16.1 Å². The Morgan fingerprint density at radius 3 is 2.87 bits per heavy atom. The van der Waals surface area contributed by atoms with E-state index >= 15 is 0 Å². The molecule has 2 heterocycles. The molecule has 0 unspecified atom stereocenters. The Morgan fingerprint density at radius 2 is 2.17 bits per heavy atom. The van der Waals surface area contributed by atoms with E-state index in [9.17, 15) is 9.18 Å². The van der Waals surface area contributed by atoms with Crippen molar-refractivity contribution in [3.63, 3.8) is 0 Å². The Bertz CT molecular complexity index is 842. The highest BCUT2D eigenvalue weighted by molar-refractivity contribution is 6.34. The van der Waals surface area contributed by atoms with Gasteiger partial charge in [-0.25, -0.2) is 14.1 Å². The molecule has 0 aliphatic carbocycles. The normalized spacial score (nSPS) is 10.7. The lowest BCUT2D eigenvalue weighted by atomic mass is 10.2. The summed E-state index contributed by atoms with van der Waals surface area (Å²) in [4.78, 5) is 15.9. The summed E-state index contributed by atoms with van der Waals surface area (Å²) in [5.41, 5.74) is 0.383. The summed E-state index contributed by atoms with van der Waals surface area (Å²) in [5, 5.41) is 13.1. The molecule has 3 aromatic rings.